The Hall–Kier alpha value is -2.46. The van der Waals surface area contributed by atoms with Gasteiger partial charge in [-0.25, -0.2) is 9.13 Å². The van der Waals surface area contributed by atoms with Gasteiger partial charge in [0.2, 0.25) is 0 Å². The number of hydrogen-bond acceptors (Lipinski definition) is 15. The maximum atomic E-state index is 13.1. The number of carbonyl (C=O) groups excluding carboxylic acids is 4. The molecule has 19 heteroatoms. The van der Waals surface area contributed by atoms with Gasteiger partial charge >= 0.3 is 39.5 Å². The predicted octanol–water partition coefficient (Wildman–Crippen LogP) is 21.8. The Morgan fingerprint density at radius 2 is 0.511 bits per heavy atom. The molecule has 5 atom stereocenters. The Balaban J connectivity index is 5.17. The first kappa shape index (κ1) is 91.5. The van der Waals surface area contributed by atoms with Crippen molar-refractivity contribution >= 4 is 39.5 Å². The number of phosphoric acid groups is 2. The van der Waals surface area contributed by atoms with Crippen LogP contribution in [0.15, 0.2) is 24.3 Å². The summed E-state index contributed by atoms with van der Waals surface area (Å²) in [5.74, 6) is -2.15. The molecule has 0 saturated carbocycles. The first-order valence-electron chi connectivity index (χ1n) is 38.6. The van der Waals surface area contributed by atoms with Gasteiger partial charge < -0.3 is 33.8 Å². The summed E-state index contributed by atoms with van der Waals surface area (Å²) >= 11 is 0. The summed E-state index contributed by atoms with van der Waals surface area (Å²) < 4.78 is 68.2. The molecule has 0 spiro atoms. The van der Waals surface area contributed by atoms with Crippen LogP contribution in [-0.4, -0.2) is 96.7 Å². The second kappa shape index (κ2) is 69.0. The van der Waals surface area contributed by atoms with Crippen LogP contribution >= 0.6 is 15.6 Å². The number of phosphoric ester groups is 2. The van der Waals surface area contributed by atoms with Crippen molar-refractivity contribution < 1.29 is 80.2 Å². The quantitative estimate of drug-likeness (QED) is 0.0169. The van der Waals surface area contributed by atoms with Crippen LogP contribution < -0.4 is 0 Å². The standard InChI is InChI=1S/C75H142O17P2/c1-5-9-13-17-21-24-27-29-31-32-33-34-35-36-37-39-41-43-46-50-54-58-62-75(80)92-71(66-86-73(78)60-56-52-48-45-42-40-38-30-28-25-22-18-14-10-6-2)68-90-94(83,84)88-64-69(76)63-87-93(81,82)89-67-70(65-85-72(77)59-55-51-47-20-16-12-8-4)91-74(79)61-57-53-49-44-26-23-19-15-11-7-3/h25,28,30,38,69-71,76H,5-24,26-27,29,31-37,39-68H2,1-4H3,(H,81,82)(H,83,84)/b28-25-,38-30-/t69-,70+,71+/m0/s1. The van der Waals surface area contributed by atoms with Crippen molar-refractivity contribution in [2.45, 2.75) is 393 Å². The van der Waals surface area contributed by atoms with E-state index in [0.29, 0.717) is 25.7 Å². The third-order valence-electron chi connectivity index (χ3n) is 17.0. The van der Waals surface area contributed by atoms with Crippen molar-refractivity contribution in [3.05, 3.63) is 24.3 Å². The molecule has 0 aliphatic rings. The molecule has 2 unspecified atom stereocenters. The minimum Gasteiger partial charge on any atom is -0.462 e. The van der Waals surface area contributed by atoms with E-state index in [-0.39, 0.29) is 25.7 Å². The highest BCUT2D eigenvalue weighted by Crippen LogP contribution is 2.45. The molecule has 0 saturated heterocycles. The molecule has 94 heavy (non-hydrogen) atoms. The van der Waals surface area contributed by atoms with Gasteiger partial charge in [0, 0.05) is 25.7 Å². The molecule has 0 heterocycles. The molecular weight excluding hydrogens is 1230 g/mol. The number of aliphatic hydroxyl groups excluding tert-OH is 1. The maximum absolute atomic E-state index is 13.1. The zero-order valence-corrected chi connectivity index (χ0v) is 62.2. The number of carbonyl (C=O) groups is 4. The number of aliphatic hydroxyl groups is 1. The molecule has 0 aromatic heterocycles. The fourth-order valence-electron chi connectivity index (χ4n) is 11.0. The summed E-state index contributed by atoms with van der Waals surface area (Å²) in [6.45, 7) is 4.85. The summed E-state index contributed by atoms with van der Waals surface area (Å²) in [6, 6.07) is 0. The van der Waals surface area contributed by atoms with Crippen molar-refractivity contribution in [1.29, 1.82) is 0 Å². The molecule has 0 fully saturated rings. The highest BCUT2D eigenvalue weighted by atomic mass is 31.2. The van der Waals surface area contributed by atoms with Crippen molar-refractivity contribution in [2.24, 2.45) is 0 Å². The number of rotatable bonds is 74. The molecule has 0 amide bonds. The lowest BCUT2D eigenvalue weighted by Crippen LogP contribution is -2.30. The van der Waals surface area contributed by atoms with E-state index in [4.69, 9.17) is 37.0 Å². The Morgan fingerprint density at radius 3 is 0.777 bits per heavy atom. The van der Waals surface area contributed by atoms with Crippen LogP contribution in [0.5, 0.6) is 0 Å². The topological polar surface area (TPSA) is 237 Å². The molecule has 0 aromatic rings. The van der Waals surface area contributed by atoms with Gasteiger partial charge in [-0.1, -0.05) is 322 Å². The lowest BCUT2D eigenvalue weighted by atomic mass is 10.0. The van der Waals surface area contributed by atoms with Gasteiger partial charge in [-0.05, 0) is 51.4 Å². The van der Waals surface area contributed by atoms with Gasteiger partial charge in [-0.15, -0.1) is 0 Å². The second-order valence-electron chi connectivity index (χ2n) is 26.4. The lowest BCUT2D eigenvalue weighted by molar-refractivity contribution is -0.161. The van der Waals surface area contributed by atoms with Crippen LogP contribution in [0, 0.1) is 0 Å². The van der Waals surface area contributed by atoms with Gasteiger partial charge in [-0.2, -0.15) is 0 Å². The molecule has 0 bridgehead atoms. The SMILES string of the molecule is CCCCCC/C=C\C=C/CCCCCCCC(=O)OC[C@H](COP(=O)(O)OC[C@@H](O)COP(=O)(O)OC[C@@H](COC(=O)CCCCCCCCC)OC(=O)CCCCCCCCCCCC)OC(=O)CCCCCCCCCCCCCCCCCCCCCCCC. The van der Waals surface area contributed by atoms with E-state index in [1.165, 1.54) is 173 Å². The van der Waals surface area contributed by atoms with E-state index in [1.807, 2.05) is 0 Å². The normalized spacial score (nSPS) is 14.1. The first-order valence-corrected chi connectivity index (χ1v) is 41.6. The van der Waals surface area contributed by atoms with Gasteiger partial charge in [0.15, 0.2) is 12.2 Å². The Labute approximate surface area is 573 Å². The number of ether oxygens (including phenoxy) is 4. The van der Waals surface area contributed by atoms with E-state index < -0.39 is 97.5 Å². The number of esters is 4. The summed E-state index contributed by atoms with van der Waals surface area (Å²) in [5, 5.41) is 10.6. The molecule has 17 nitrogen and oxygen atoms in total. The third-order valence-corrected chi connectivity index (χ3v) is 18.9. The minimum absolute atomic E-state index is 0.102. The Bertz CT molecular complexity index is 1880. The summed E-state index contributed by atoms with van der Waals surface area (Å²) in [6.07, 6.45) is 62.2. The van der Waals surface area contributed by atoms with Crippen LogP contribution in [-0.2, 0) is 65.4 Å². The maximum Gasteiger partial charge on any atom is 0.472 e. The van der Waals surface area contributed by atoms with E-state index in [9.17, 15) is 43.2 Å². The third kappa shape index (κ3) is 68.1. The minimum atomic E-state index is -4.96. The molecule has 0 radical (unpaired) electrons. The smallest absolute Gasteiger partial charge is 0.462 e. The Morgan fingerprint density at radius 1 is 0.298 bits per heavy atom. The van der Waals surface area contributed by atoms with E-state index in [2.05, 4.69) is 52.0 Å². The van der Waals surface area contributed by atoms with Crippen molar-refractivity contribution in [2.75, 3.05) is 39.6 Å². The van der Waals surface area contributed by atoms with E-state index >= 15 is 0 Å². The fraction of sp³-hybridized carbons (Fsp3) is 0.893. The zero-order valence-electron chi connectivity index (χ0n) is 60.4. The van der Waals surface area contributed by atoms with Gasteiger partial charge in [0.25, 0.3) is 0 Å². The fourth-order valence-corrected chi connectivity index (χ4v) is 12.6. The second-order valence-corrected chi connectivity index (χ2v) is 29.3. The number of allylic oxidation sites excluding steroid dienone is 4. The van der Waals surface area contributed by atoms with E-state index in [0.717, 1.165) is 122 Å². The zero-order chi connectivity index (χ0) is 69.0. The number of hydrogen-bond donors (Lipinski definition) is 3. The van der Waals surface area contributed by atoms with Crippen LogP contribution in [0.1, 0.15) is 374 Å². The predicted molar refractivity (Wildman–Crippen MR) is 381 cm³/mol. The van der Waals surface area contributed by atoms with E-state index in [1.54, 1.807) is 0 Å². The Kier molecular flexibility index (Phi) is 67.2. The molecular formula is C75H142O17P2. The molecule has 554 valence electrons. The van der Waals surface area contributed by atoms with Crippen LogP contribution in [0.2, 0.25) is 0 Å². The monoisotopic (exact) mass is 1380 g/mol. The highest BCUT2D eigenvalue weighted by Gasteiger charge is 2.30. The molecule has 0 rings (SSSR count). The van der Waals surface area contributed by atoms with Crippen LogP contribution in [0.3, 0.4) is 0 Å². The molecule has 0 aliphatic carbocycles. The molecule has 3 N–H and O–H groups in total. The van der Waals surface area contributed by atoms with Crippen molar-refractivity contribution in [3.63, 3.8) is 0 Å². The number of unbranched alkanes of at least 4 members (excludes halogenated alkanes) is 45. The average Bonchev–Trinajstić information content (AvgIpc) is 2.48. The van der Waals surface area contributed by atoms with Crippen LogP contribution in [0.4, 0.5) is 0 Å². The van der Waals surface area contributed by atoms with Crippen LogP contribution in [0.25, 0.3) is 0 Å². The summed E-state index contributed by atoms with van der Waals surface area (Å²) in [5.41, 5.74) is 0. The lowest BCUT2D eigenvalue weighted by Gasteiger charge is -2.21. The van der Waals surface area contributed by atoms with Crippen molar-refractivity contribution in [3.8, 4) is 0 Å². The first-order chi connectivity index (χ1) is 45.7. The molecule has 0 aliphatic heterocycles. The van der Waals surface area contributed by atoms with Crippen molar-refractivity contribution in [1.82, 2.24) is 0 Å². The largest absolute Gasteiger partial charge is 0.472 e. The summed E-state index contributed by atoms with van der Waals surface area (Å²) in [4.78, 5) is 72.5. The van der Waals surface area contributed by atoms with Gasteiger partial charge in [0.05, 0.1) is 26.4 Å². The van der Waals surface area contributed by atoms with Gasteiger partial charge in [-0.3, -0.25) is 37.3 Å². The average molecular weight is 1380 g/mol. The van der Waals surface area contributed by atoms with Gasteiger partial charge in [0.1, 0.15) is 19.3 Å². The highest BCUT2D eigenvalue weighted by molar-refractivity contribution is 7.47. The summed E-state index contributed by atoms with van der Waals surface area (Å²) in [7, 11) is -9.91. The molecule has 0 aromatic carbocycles.